The van der Waals surface area contributed by atoms with Crippen LogP contribution in [-0.2, 0) is 6.42 Å². The molecule has 0 aliphatic heterocycles. The average molecular weight is 233 g/mol. The van der Waals surface area contributed by atoms with E-state index in [1.54, 1.807) is 0 Å². The van der Waals surface area contributed by atoms with Gasteiger partial charge in [-0.2, -0.15) is 5.26 Å². The topological polar surface area (TPSA) is 45.9 Å². The lowest BCUT2D eigenvalue weighted by atomic mass is 10.2. The molecular formula is C9H7ClF2N2O. The van der Waals surface area contributed by atoms with Gasteiger partial charge in [0.25, 0.3) is 6.43 Å². The van der Waals surface area contributed by atoms with E-state index < -0.39 is 12.1 Å². The van der Waals surface area contributed by atoms with Crippen molar-refractivity contribution in [3.05, 3.63) is 22.5 Å². The Bertz CT molecular complexity index is 404. The van der Waals surface area contributed by atoms with Gasteiger partial charge in [0.1, 0.15) is 5.69 Å². The van der Waals surface area contributed by atoms with Gasteiger partial charge in [-0.3, -0.25) is 4.98 Å². The van der Waals surface area contributed by atoms with Crippen molar-refractivity contribution in [2.24, 2.45) is 0 Å². The van der Waals surface area contributed by atoms with Gasteiger partial charge in [0.05, 0.1) is 24.6 Å². The van der Waals surface area contributed by atoms with Gasteiger partial charge in [-0.25, -0.2) is 8.78 Å². The maximum absolute atomic E-state index is 12.4. The summed E-state index contributed by atoms with van der Waals surface area (Å²) in [6.07, 6.45) is -1.59. The van der Waals surface area contributed by atoms with Crippen LogP contribution >= 0.6 is 11.6 Å². The fourth-order valence-corrected chi connectivity index (χ4v) is 1.37. The summed E-state index contributed by atoms with van der Waals surface area (Å²) in [5, 5.41) is 8.48. The van der Waals surface area contributed by atoms with E-state index in [-0.39, 0.29) is 17.2 Å². The highest BCUT2D eigenvalue weighted by Crippen LogP contribution is 2.35. The van der Waals surface area contributed by atoms with E-state index in [2.05, 4.69) is 4.98 Å². The number of ether oxygens (including phenoxy) is 1. The molecule has 0 aliphatic carbocycles. The fourth-order valence-electron chi connectivity index (χ4n) is 1.08. The summed E-state index contributed by atoms with van der Waals surface area (Å²) in [6.45, 7) is 0. The van der Waals surface area contributed by atoms with E-state index in [1.165, 1.54) is 7.11 Å². The summed E-state index contributed by atoms with van der Waals surface area (Å²) in [7, 11) is 1.23. The number of halogens is 3. The number of alkyl halides is 2. The third-order valence-corrected chi connectivity index (χ3v) is 2.17. The molecule has 0 aromatic carbocycles. The number of hydrogen-bond acceptors (Lipinski definition) is 3. The normalized spacial score (nSPS) is 10.1. The van der Waals surface area contributed by atoms with Crippen molar-refractivity contribution in [1.82, 2.24) is 4.98 Å². The van der Waals surface area contributed by atoms with Crippen LogP contribution in [0, 0.1) is 11.3 Å². The number of nitriles is 1. The third kappa shape index (κ3) is 2.34. The molecule has 0 saturated heterocycles. The summed E-state index contributed by atoms with van der Waals surface area (Å²) in [5.74, 6) is -0.167. The lowest BCUT2D eigenvalue weighted by Crippen LogP contribution is -2.00. The van der Waals surface area contributed by atoms with E-state index in [9.17, 15) is 8.78 Å². The zero-order valence-electron chi connectivity index (χ0n) is 7.80. The molecule has 1 aromatic rings. The van der Waals surface area contributed by atoms with Crippen molar-refractivity contribution in [1.29, 1.82) is 5.26 Å². The Kier molecular flexibility index (Phi) is 3.81. The lowest BCUT2D eigenvalue weighted by molar-refractivity contribution is 0.141. The minimum Gasteiger partial charge on any atom is -0.493 e. The predicted octanol–water partition coefficient (Wildman–Crippen LogP) is 2.75. The van der Waals surface area contributed by atoms with E-state index in [0.29, 0.717) is 5.56 Å². The molecule has 1 heterocycles. The first kappa shape index (κ1) is 11.7. The number of nitrogens with zero attached hydrogens (tertiary/aromatic N) is 2. The predicted molar refractivity (Wildman–Crippen MR) is 50.1 cm³/mol. The van der Waals surface area contributed by atoms with E-state index >= 15 is 0 Å². The van der Waals surface area contributed by atoms with Crippen LogP contribution in [-0.4, -0.2) is 12.1 Å². The lowest BCUT2D eigenvalue weighted by Gasteiger charge is -2.10. The first-order valence-corrected chi connectivity index (χ1v) is 4.36. The Morgan fingerprint density at radius 3 is 2.80 bits per heavy atom. The van der Waals surface area contributed by atoms with Gasteiger partial charge in [0.15, 0.2) is 5.75 Å². The van der Waals surface area contributed by atoms with Crippen LogP contribution in [0.25, 0.3) is 0 Å². The molecule has 15 heavy (non-hydrogen) atoms. The summed E-state index contributed by atoms with van der Waals surface area (Å²) < 4.78 is 29.6. The summed E-state index contributed by atoms with van der Waals surface area (Å²) >= 11 is 5.79. The number of pyridine rings is 1. The average Bonchev–Trinajstić information content (AvgIpc) is 2.20. The third-order valence-electron chi connectivity index (χ3n) is 1.75. The SMILES string of the molecule is COc1c(C(F)F)ncc(CC#N)c1Cl. The highest BCUT2D eigenvalue weighted by atomic mass is 35.5. The Morgan fingerprint density at radius 1 is 1.67 bits per heavy atom. The maximum Gasteiger partial charge on any atom is 0.284 e. The van der Waals surface area contributed by atoms with E-state index in [0.717, 1.165) is 6.20 Å². The summed E-state index contributed by atoms with van der Waals surface area (Å²) in [6, 6.07) is 1.86. The minimum absolute atomic E-state index is 0.00567. The molecule has 0 N–H and O–H groups in total. The smallest absolute Gasteiger partial charge is 0.284 e. The van der Waals surface area contributed by atoms with E-state index in [4.69, 9.17) is 21.6 Å². The van der Waals surface area contributed by atoms with E-state index in [1.807, 2.05) is 6.07 Å². The molecule has 80 valence electrons. The molecule has 0 radical (unpaired) electrons. The number of rotatable bonds is 3. The molecule has 0 bridgehead atoms. The number of methoxy groups -OCH3 is 1. The van der Waals surface area contributed by atoms with Gasteiger partial charge in [-0.1, -0.05) is 11.6 Å². The van der Waals surface area contributed by atoms with Crippen molar-refractivity contribution in [2.75, 3.05) is 7.11 Å². The molecule has 0 aliphatic rings. The van der Waals surface area contributed by atoms with Crippen LogP contribution in [0.2, 0.25) is 5.02 Å². The Labute approximate surface area is 90.3 Å². The Hall–Kier alpha value is -1.41. The molecule has 3 nitrogen and oxygen atoms in total. The van der Waals surface area contributed by atoms with Gasteiger partial charge in [0.2, 0.25) is 0 Å². The summed E-state index contributed by atoms with van der Waals surface area (Å²) in [5.41, 5.74) is -0.135. The number of aromatic nitrogens is 1. The van der Waals surface area contributed by atoms with Gasteiger partial charge in [-0.05, 0) is 0 Å². The molecule has 0 atom stereocenters. The summed E-state index contributed by atoms with van der Waals surface area (Å²) in [4.78, 5) is 3.52. The van der Waals surface area contributed by atoms with Crippen LogP contribution in [0.5, 0.6) is 5.75 Å². The van der Waals surface area contributed by atoms with Crippen molar-refractivity contribution >= 4 is 11.6 Å². The number of hydrogen-bond donors (Lipinski definition) is 0. The molecule has 1 rings (SSSR count). The van der Waals surface area contributed by atoms with Crippen LogP contribution in [0.15, 0.2) is 6.20 Å². The van der Waals surface area contributed by atoms with Crippen LogP contribution in [0.1, 0.15) is 17.7 Å². The second-order valence-electron chi connectivity index (χ2n) is 2.65. The molecule has 0 saturated carbocycles. The van der Waals surface area contributed by atoms with Gasteiger partial charge < -0.3 is 4.74 Å². The second-order valence-corrected chi connectivity index (χ2v) is 3.03. The standard InChI is InChI=1S/C9H7ClF2N2O/c1-15-8-6(10)5(2-3-13)4-14-7(8)9(11)12/h4,9H,2H2,1H3. The quantitative estimate of drug-likeness (QED) is 0.805. The molecule has 0 fully saturated rings. The zero-order chi connectivity index (χ0) is 11.4. The van der Waals surface area contributed by atoms with Crippen molar-refractivity contribution in [3.63, 3.8) is 0 Å². The molecule has 1 aromatic heterocycles. The van der Waals surface area contributed by atoms with Crippen molar-refractivity contribution < 1.29 is 13.5 Å². The second kappa shape index (κ2) is 4.89. The van der Waals surface area contributed by atoms with Crippen LogP contribution in [0.3, 0.4) is 0 Å². The molecule has 0 spiro atoms. The molecule has 0 unspecified atom stereocenters. The van der Waals surface area contributed by atoms with Gasteiger partial charge in [-0.15, -0.1) is 0 Å². The van der Waals surface area contributed by atoms with Crippen molar-refractivity contribution in [2.45, 2.75) is 12.8 Å². The van der Waals surface area contributed by atoms with Crippen molar-refractivity contribution in [3.8, 4) is 11.8 Å². The zero-order valence-corrected chi connectivity index (χ0v) is 8.55. The Morgan fingerprint density at radius 2 is 2.33 bits per heavy atom. The monoisotopic (exact) mass is 232 g/mol. The van der Waals surface area contributed by atoms with Gasteiger partial charge >= 0.3 is 0 Å². The van der Waals surface area contributed by atoms with Crippen LogP contribution < -0.4 is 4.74 Å². The van der Waals surface area contributed by atoms with Gasteiger partial charge in [0, 0.05) is 11.8 Å². The highest BCUT2D eigenvalue weighted by molar-refractivity contribution is 6.32. The molecule has 0 amide bonds. The molecular weight excluding hydrogens is 226 g/mol. The Balaban J connectivity index is 3.27. The maximum atomic E-state index is 12.4. The largest absolute Gasteiger partial charge is 0.493 e. The molecule has 6 heteroatoms. The van der Waals surface area contributed by atoms with Crippen LogP contribution in [0.4, 0.5) is 8.78 Å². The first-order valence-electron chi connectivity index (χ1n) is 3.98. The first-order chi connectivity index (χ1) is 7.11. The fraction of sp³-hybridized carbons (Fsp3) is 0.333. The highest BCUT2D eigenvalue weighted by Gasteiger charge is 2.20. The minimum atomic E-state index is -2.76.